The van der Waals surface area contributed by atoms with E-state index in [1.165, 1.54) is 0 Å². The first kappa shape index (κ1) is 12.1. The number of carbonyl (C=O) groups excluding carboxylic acids is 2. The van der Waals surface area contributed by atoms with E-state index >= 15 is 0 Å². The number of piperazine rings is 1. The van der Waals surface area contributed by atoms with Gasteiger partial charge in [-0.05, 0) is 25.7 Å². The summed E-state index contributed by atoms with van der Waals surface area (Å²) in [6.07, 6.45) is 7.24. The second-order valence-corrected chi connectivity index (χ2v) is 4.87. The van der Waals surface area contributed by atoms with Gasteiger partial charge in [-0.15, -0.1) is 0 Å². The summed E-state index contributed by atoms with van der Waals surface area (Å²) in [5.41, 5.74) is -0.669. The molecule has 4 heteroatoms. The number of rotatable bonds is 3. The first-order valence-electron chi connectivity index (χ1n) is 6.40. The number of carbonyl (C=O) groups is 2. The van der Waals surface area contributed by atoms with Crippen molar-refractivity contribution in [2.75, 3.05) is 6.54 Å². The number of nitrogens with zero attached hydrogens (tertiary/aromatic N) is 1. The second-order valence-electron chi connectivity index (χ2n) is 4.87. The molecule has 1 heterocycles. The molecule has 1 saturated heterocycles. The fraction of sp³-hybridized carbons (Fsp3) is 0.692. The van der Waals surface area contributed by atoms with E-state index in [0.717, 1.165) is 12.8 Å². The van der Waals surface area contributed by atoms with Crippen LogP contribution < -0.4 is 5.32 Å². The molecule has 1 aliphatic carbocycles. The quantitative estimate of drug-likeness (QED) is 0.749. The third-order valence-corrected chi connectivity index (χ3v) is 3.99. The molecule has 0 saturated carbocycles. The Kier molecular flexibility index (Phi) is 3.22. The minimum Gasteiger partial charge on any atom is -0.340 e. The van der Waals surface area contributed by atoms with Crippen molar-refractivity contribution in [2.24, 2.45) is 0 Å². The number of hydrogen-bond donors (Lipinski definition) is 1. The smallest absolute Gasteiger partial charge is 0.249 e. The lowest BCUT2D eigenvalue weighted by Gasteiger charge is -2.43. The molecule has 0 aromatic rings. The minimum absolute atomic E-state index is 0.0276. The molecule has 0 aromatic heterocycles. The molecule has 0 bridgehead atoms. The molecule has 0 aromatic carbocycles. The van der Waals surface area contributed by atoms with Crippen LogP contribution in [0, 0.1) is 0 Å². The zero-order valence-corrected chi connectivity index (χ0v) is 10.5. The summed E-state index contributed by atoms with van der Waals surface area (Å²) in [5.74, 6) is 0.0657. The zero-order chi connectivity index (χ0) is 12.5. The van der Waals surface area contributed by atoms with Crippen LogP contribution in [0.1, 0.15) is 39.5 Å². The fourth-order valence-corrected chi connectivity index (χ4v) is 2.74. The minimum atomic E-state index is -0.669. The van der Waals surface area contributed by atoms with Gasteiger partial charge in [0.05, 0.1) is 6.54 Å². The average molecular weight is 236 g/mol. The molecular weight excluding hydrogens is 216 g/mol. The van der Waals surface area contributed by atoms with Crippen LogP contribution in [0.25, 0.3) is 0 Å². The van der Waals surface area contributed by atoms with Gasteiger partial charge in [0.25, 0.3) is 0 Å². The number of amides is 2. The van der Waals surface area contributed by atoms with Crippen LogP contribution in [0.3, 0.4) is 0 Å². The maximum absolute atomic E-state index is 12.5. The Bertz CT molecular complexity index is 350. The summed E-state index contributed by atoms with van der Waals surface area (Å²) in [6, 6.07) is 0.186. The van der Waals surface area contributed by atoms with E-state index in [-0.39, 0.29) is 24.4 Å². The maximum atomic E-state index is 12.5. The van der Waals surface area contributed by atoms with Crippen molar-refractivity contribution in [1.82, 2.24) is 10.2 Å². The summed E-state index contributed by atoms with van der Waals surface area (Å²) in [4.78, 5) is 26.1. The zero-order valence-electron chi connectivity index (χ0n) is 10.5. The molecule has 0 atom stereocenters. The van der Waals surface area contributed by atoms with Crippen molar-refractivity contribution in [3.8, 4) is 0 Å². The molecule has 94 valence electrons. The Labute approximate surface area is 102 Å². The van der Waals surface area contributed by atoms with E-state index in [0.29, 0.717) is 12.8 Å². The lowest BCUT2D eigenvalue weighted by atomic mass is 9.88. The highest BCUT2D eigenvalue weighted by atomic mass is 16.2. The molecule has 0 spiro atoms. The fourth-order valence-electron chi connectivity index (χ4n) is 2.74. The van der Waals surface area contributed by atoms with E-state index < -0.39 is 5.54 Å². The summed E-state index contributed by atoms with van der Waals surface area (Å²) in [7, 11) is 0. The van der Waals surface area contributed by atoms with Crippen molar-refractivity contribution < 1.29 is 9.59 Å². The highest BCUT2D eigenvalue weighted by molar-refractivity contribution is 5.98. The van der Waals surface area contributed by atoms with Gasteiger partial charge in [0.15, 0.2) is 0 Å². The summed E-state index contributed by atoms with van der Waals surface area (Å²) in [5, 5.41) is 2.88. The van der Waals surface area contributed by atoms with E-state index in [2.05, 4.69) is 17.5 Å². The molecule has 0 unspecified atom stereocenters. The van der Waals surface area contributed by atoms with E-state index in [4.69, 9.17) is 0 Å². The van der Waals surface area contributed by atoms with E-state index in [9.17, 15) is 9.59 Å². The lowest BCUT2D eigenvalue weighted by molar-refractivity contribution is -0.152. The normalized spacial score (nSPS) is 24.2. The summed E-state index contributed by atoms with van der Waals surface area (Å²) in [6.45, 7) is 4.13. The molecule has 2 amide bonds. The molecule has 1 N–H and O–H groups in total. The largest absolute Gasteiger partial charge is 0.340 e. The van der Waals surface area contributed by atoms with Crippen LogP contribution in [0.4, 0.5) is 0 Å². The van der Waals surface area contributed by atoms with Gasteiger partial charge in [-0.2, -0.15) is 0 Å². The molecule has 1 aliphatic heterocycles. The van der Waals surface area contributed by atoms with Crippen molar-refractivity contribution in [3.05, 3.63) is 12.2 Å². The maximum Gasteiger partial charge on any atom is 0.249 e. The summed E-state index contributed by atoms with van der Waals surface area (Å²) < 4.78 is 0. The molecule has 2 aliphatic rings. The van der Waals surface area contributed by atoms with Crippen LogP contribution in [-0.4, -0.2) is 34.8 Å². The van der Waals surface area contributed by atoms with Crippen molar-refractivity contribution >= 4 is 11.8 Å². The predicted molar refractivity (Wildman–Crippen MR) is 65.3 cm³/mol. The Hall–Kier alpha value is -1.32. The predicted octanol–water partition coefficient (Wildman–Crippen LogP) is 1.22. The Balaban J connectivity index is 2.22. The number of hydrogen-bond acceptors (Lipinski definition) is 2. The van der Waals surface area contributed by atoms with E-state index in [1.54, 1.807) is 4.90 Å². The van der Waals surface area contributed by atoms with Gasteiger partial charge in [0, 0.05) is 6.04 Å². The highest BCUT2D eigenvalue weighted by Gasteiger charge is 2.45. The summed E-state index contributed by atoms with van der Waals surface area (Å²) >= 11 is 0. The third kappa shape index (κ3) is 1.96. The topological polar surface area (TPSA) is 49.4 Å². The monoisotopic (exact) mass is 236 g/mol. The van der Waals surface area contributed by atoms with Crippen molar-refractivity contribution in [2.45, 2.75) is 51.1 Å². The Morgan fingerprint density at radius 1 is 1.29 bits per heavy atom. The highest BCUT2D eigenvalue weighted by Crippen LogP contribution is 2.27. The third-order valence-electron chi connectivity index (χ3n) is 3.99. The van der Waals surface area contributed by atoms with Crippen molar-refractivity contribution in [3.63, 3.8) is 0 Å². The molecule has 17 heavy (non-hydrogen) atoms. The average Bonchev–Trinajstić information content (AvgIpc) is 2.85. The van der Waals surface area contributed by atoms with Crippen LogP contribution in [0.2, 0.25) is 0 Å². The van der Waals surface area contributed by atoms with Crippen LogP contribution in [0.15, 0.2) is 12.2 Å². The first-order valence-corrected chi connectivity index (χ1v) is 6.40. The van der Waals surface area contributed by atoms with Crippen LogP contribution >= 0.6 is 0 Å². The van der Waals surface area contributed by atoms with Crippen LogP contribution in [-0.2, 0) is 9.59 Å². The first-order chi connectivity index (χ1) is 8.13. The van der Waals surface area contributed by atoms with Crippen molar-refractivity contribution in [1.29, 1.82) is 0 Å². The molecular formula is C13H20N2O2. The van der Waals surface area contributed by atoms with E-state index in [1.807, 2.05) is 13.8 Å². The van der Waals surface area contributed by atoms with Gasteiger partial charge in [0.1, 0.15) is 5.54 Å². The Morgan fingerprint density at radius 2 is 1.88 bits per heavy atom. The standard InChI is InChI=1S/C13H20N2O2/c1-3-13(4-2)12(17)15(9-11(16)14-13)10-7-5-6-8-10/h5-6,10H,3-4,7-9H2,1-2H3,(H,14,16). The second kappa shape index (κ2) is 4.51. The lowest BCUT2D eigenvalue weighted by Crippen LogP contribution is -2.67. The SMILES string of the molecule is CCC1(CC)NC(=O)CN(C2CC=CC2)C1=O. The molecule has 2 rings (SSSR count). The molecule has 4 nitrogen and oxygen atoms in total. The van der Waals surface area contributed by atoms with Gasteiger partial charge in [0.2, 0.25) is 11.8 Å². The van der Waals surface area contributed by atoms with Crippen LogP contribution in [0.5, 0.6) is 0 Å². The molecule has 0 radical (unpaired) electrons. The molecule has 1 fully saturated rings. The van der Waals surface area contributed by atoms with Gasteiger partial charge in [-0.25, -0.2) is 0 Å². The van der Waals surface area contributed by atoms with Gasteiger partial charge in [-0.1, -0.05) is 26.0 Å². The number of nitrogens with one attached hydrogen (secondary N) is 1. The van der Waals surface area contributed by atoms with Gasteiger partial charge < -0.3 is 10.2 Å². The van der Waals surface area contributed by atoms with Gasteiger partial charge in [-0.3, -0.25) is 9.59 Å². The Morgan fingerprint density at radius 3 is 2.41 bits per heavy atom. The van der Waals surface area contributed by atoms with Gasteiger partial charge >= 0.3 is 0 Å².